The summed E-state index contributed by atoms with van der Waals surface area (Å²) in [6, 6.07) is 0. The first-order valence-electron chi connectivity index (χ1n) is 5.99. The van der Waals surface area contributed by atoms with Gasteiger partial charge in [0.1, 0.15) is 13.2 Å². The molecule has 1 atom stereocenters. The minimum absolute atomic E-state index is 0.210. The van der Waals surface area contributed by atoms with Crippen molar-refractivity contribution in [3.05, 3.63) is 0 Å². The fourth-order valence-electron chi connectivity index (χ4n) is 0.870. The quantitative estimate of drug-likeness (QED) is 0.577. The van der Waals surface area contributed by atoms with E-state index in [1.165, 1.54) is 0 Å². The molecule has 0 aromatic heterocycles. The molecule has 0 rings (SSSR count). The van der Waals surface area contributed by atoms with Gasteiger partial charge in [0.05, 0.1) is 13.2 Å². The van der Waals surface area contributed by atoms with Gasteiger partial charge in [0, 0.05) is 0 Å². The van der Waals surface area contributed by atoms with Crippen LogP contribution < -0.4 is 0 Å². The van der Waals surface area contributed by atoms with Crippen LogP contribution in [0.2, 0.25) is 0 Å². The van der Waals surface area contributed by atoms with Crippen LogP contribution in [0, 0.1) is 5.92 Å². The summed E-state index contributed by atoms with van der Waals surface area (Å²) in [5.41, 5.74) is 0. The average Bonchev–Trinajstić information content (AvgIpc) is 2.33. The second kappa shape index (κ2) is 10.1. The second-order valence-corrected chi connectivity index (χ2v) is 3.91. The summed E-state index contributed by atoms with van der Waals surface area (Å²) in [7, 11) is 0. The highest BCUT2D eigenvalue weighted by atomic mass is 16.6. The largest absolute Gasteiger partial charge is 0.464 e. The third-order valence-corrected chi connectivity index (χ3v) is 2.13. The summed E-state index contributed by atoms with van der Waals surface area (Å²) in [6.07, 6.45) is 1.72. The Morgan fingerprint density at radius 3 is 2.18 bits per heavy atom. The van der Waals surface area contributed by atoms with E-state index in [-0.39, 0.29) is 13.2 Å². The molecule has 5 nitrogen and oxygen atoms in total. The predicted octanol–water partition coefficient (Wildman–Crippen LogP) is 1.55. The lowest BCUT2D eigenvalue weighted by Gasteiger charge is -2.09. The van der Waals surface area contributed by atoms with Crippen molar-refractivity contribution in [1.29, 1.82) is 0 Å². The highest BCUT2D eigenvalue weighted by molar-refractivity contribution is 5.73. The minimum atomic E-state index is -0.457. The topological polar surface area (TPSA) is 61.8 Å². The molecule has 100 valence electrons. The van der Waals surface area contributed by atoms with E-state index in [0.717, 1.165) is 12.8 Å². The Bertz CT molecular complexity index is 227. The van der Waals surface area contributed by atoms with Crippen LogP contribution >= 0.6 is 0 Å². The van der Waals surface area contributed by atoms with Crippen molar-refractivity contribution in [2.45, 2.75) is 33.6 Å². The minimum Gasteiger partial charge on any atom is -0.464 e. The number of hydrogen-bond acceptors (Lipinski definition) is 5. The Hall–Kier alpha value is -1.10. The van der Waals surface area contributed by atoms with Gasteiger partial charge in [-0.25, -0.2) is 9.59 Å². The third-order valence-electron chi connectivity index (χ3n) is 2.13. The van der Waals surface area contributed by atoms with Gasteiger partial charge in [-0.15, -0.1) is 0 Å². The Morgan fingerprint density at radius 1 is 1.06 bits per heavy atom. The maximum absolute atomic E-state index is 11.2. The van der Waals surface area contributed by atoms with Gasteiger partial charge in [-0.05, 0) is 12.3 Å². The van der Waals surface area contributed by atoms with E-state index >= 15 is 0 Å². The zero-order valence-electron chi connectivity index (χ0n) is 10.9. The van der Waals surface area contributed by atoms with Crippen LogP contribution in [0.25, 0.3) is 0 Å². The zero-order valence-corrected chi connectivity index (χ0v) is 10.9. The van der Waals surface area contributed by atoms with E-state index in [0.29, 0.717) is 19.1 Å². The first-order chi connectivity index (χ1) is 8.10. The molecule has 0 aromatic rings. The van der Waals surface area contributed by atoms with Crippen LogP contribution in [0.4, 0.5) is 0 Å². The van der Waals surface area contributed by atoms with E-state index < -0.39 is 11.9 Å². The lowest BCUT2D eigenvalue weighted by atomic mass is 10.1. The van der Waals surface area contributed by atoms with Crippen LogP contribution in [-0.2, 0) is 23.8 Å². The first kappa shape index (κ1) is 15.9. The number of esters is 2. The third kappa shape index (κ3) is 9.81. The maximum Gasteiger partial charge on any atom is 0.332 e. The van der Waals surface area contributed by atoms with Gasteiger partial charge in [0.15, 0.2) is 0 Å². The summed E-state index contributed by atoms with van der Waals surface area (Å²) in [6.45, 7) is 6.27. The second-order valence-electron chi connectivity index (χ2n) is 3.91. The molecule has 0 spiro atoms. The van der Waals surface area contributed by atoms with E-state index in [1.807, 2.05) is 20.8 Å². The van der Waals surface area contributed by atoms with Crippen molar-refractivity contribution in [2.24, 2.45) is 5.92 Å². The van der Waals surface area contributed by atoms with Crippen molar-refractivity contribution in [2.75, 3.05) is 26.4 Å². The average molecular weight is 246 g/mol. The molecule has 0 aromatic carbocycles. The Balaban J connectivity index is 3.47. The molecule has 0 bridgehead atoms. The summed E-state index contributed by atoms with van der Waals surface area (Å²) < 4.78 is 14.6. The monoisotopic (exact) mass is 246 g/mol. The molecule has 0 aliphatic rings. The van der Waals surface area contributed by atoms with E-state index in [2.05, 4.69) is 0 Å². The summed E-state index contributed by atoms with van der Waals surface area (Å²) in [5, 5.41) is 0. The fourth-order valence-corrected chi connectivity index (χ4v) is 0.870. The number of carbonyl (C=O) groups excluding carboxylic acids is 2. The lowest BCUT2D eigenvalue weighted by Crippen LogP contribution is -2.20. The van der Waals surface area contributed by atoms with E-state index in [4.69, 9.17) is 14.2 Å². The SMILES string of the molecule is CCCOC(=O)COCC(=O)OCC(C)CC. The molecule has 0 aliphatic heterocycles. The van der Waals surface area contributed by atoms with Gasteiger partial charge in [-0.1, -0.05) is 27.2 Å². The highest BCUT2D eigenvalue weighted by Gasteiger charge is 2.08. The Kier molecular flexibility index (Phi) is 9.43. The molecule has 0 saturated heterocycles. The molecular formula is C12H22O5. The number of ether oxygens (including phenoxy) is 3. The van der Waals surface area contributed by atoms with Crippen LogP contribution in [0.1, 0.15) is 33.6 Å². The van der Waals surface area contributed by atoms with Gasteiger partial charge in [0.25, 0.3) is 0 Å². The van der Waals surface area contributed by atoms with Crippen molar-refractivity contribution in [3.8, 4) is 0 Å². The summed E-state index contributed by atoms with van der Waals surface area (Å²) >= 11 is 0. The molecule has 0 N–H and O–H groups in total. The summed E-state index contributed by atoms with van der Waals surface area (Å²) in [5.74, 6) is -0.566. The highest BCUT2D eigenvalue weighted by Crippen LogP contribution is 2.00. The van der Waals surface area contributed by atoms with Gasteiger partial charge >= 0.3 is 11.9 Å². The van der Waals surface area contributed by atoms with E-state index in [1.54, 1.807) is 0 Å². The van der Waals surface area contributed by atoms with Gasteiger partial charge in [0.2, 0.25) is 0 Å². The number of carbonyl (C=O) groups is 2. The molecular weight excluding hydrogens is 224 g/mol. The molecule has 1 unspecified atom stereocenters. The van der Waals surface area contributed by atoms with Crippen molar-refractivity contribution in [3.63, 3.8) is 0 Å². The number of rotatable bonds is 9. The van der Waals surface area contributed by atoms with Gasteiger partial charge in [-0.3, -0.25) is 0 Å². The van der Waals surface area contributed by atoms with Crippen LogP contribution in [0.15, 0.2) is 0 Å². The molecule has 17 heavy (non-hydrogen) atoms. The standard InChI is InChI=1S/C12H22O5/c1-4-6-16-11(13)8-15-9-12(14)17-7-10(3)5-2/h10H,4-9H2,1-3H3. The van der Waals surface area contributed by atoms with Crippen LogP contribution in [0.3, 0.4) is 0 Å². The Labute approximate surface area is 102 Å². The van der Waals surface area contributed by atoms with Gasteiger partial charge < -0.3 is 14.2 Å². The van der Waals surface area contributed by atoms with Crippen molar-refractivity contribution < 1.29 is 23.8 Å². The smallest absolute Gasteiger partial charge is 0.332 e. The van der Waals surface area contributed by atoms with Gasteiger partial charge in [-0.2, -0.15) is 0 Å². The van der Waals surface area contributed by atoms with Crippen molar-refractivity contribution >= 4 is 11.9 Å². The zero-order chi connectivity index (χ0) is 13.1. The molecule has 0 fully saturated rings. The maximum atomic E-state index is 11.2. The number of hydrogen-bond donors (Lipinski definition) is 0. The molecule has 5 heteroatoms. The first-order valence-corrected chi connectivity index (χ1v) is 5.99. The molecule has 0 radical (unpaired) electrons. The Morgan fingerprint density at radius 2 is 1.65 bits per heavy atom. The fraction of sp³-hybridized carbons (Fsp3) is 0.833. The molecule has 0 amide bonds. The van der Waals surface area contributed by atoms with Crippen LogP contribution in [0.5, 0.6) is 0 Å². The van der Waals surface area contributed by atoms with Crippen molar-refractivity contribution in [1.82, 2.24) is 0 Å². The van der Waals surface area contributed by atoms with Crippen LogP contribution in [-0.4, -0.2) is 38.4 Å². The lowest BCUT2D eigenvalue weighted by molar-refractivity contribution is -0.156. The predicted molar refractivity (Wildman–Crippen MR) is 62.5 cm³/mol. The normalized spacial score (nSPS) is 11.9. The van der Waals surface area contributed by atoms with E-state index in [9.17, 15) is 9.59 Å². The summed E-state index contributed by atoms with van der Waals surface area (Å²) in [4.78, 5) is 22.2. The molecule has 0 heterocycles. The molecule has 0 saturated carbocycles. The molecule has 0 aliphatic carbocycles.